The Balaban J connectivity index is 1.90. The molecule has 0 aromatic heterocycles. The first-order chi connectivity index (χ1) is 9.79. The molecule has 1 aromatic rings. The summed E-state index contributed by atoms with van der Waals surface area (Å²) >= 11 is 0. The number of carbonyl (C=O) groups excluding carboxylic acids is 1. The van der Waals surface area contributed by atoms with E-state index in [1.54, 1.807) is 0 Å². The van der Waals surface area contributed by atoms with Crippen LogP contribution in [0.1, 0.15) is 32.3 Å². The van der Waals surface area contributed by atoms with Gasteiger partial charge in [0.2, 0.25) is 5.91 Å². The van der Waals surface area contributed by atoms with Gasteiger partial charge in [-0.05, 0) is 17.4 Å². The summed E-state index contributed by atoms with van der Waals surface area (Å²) < 4.78 is 28.0. The van der Waals surface area contributed by atoms with Gasteiger partial charge in [0, 0.05) is 19.0 Å². The molecule has 3 rings (SSSR count). The van der Waals surface area contributed by atoms with Gasteiger partial charge in [-0.3, -0.25) is 4.79 Å². The normalized spacial score (nSPS) is 27.6. The van der Waals surface area contributed by atoms with E-state index in [4.69, 9.17) is 0 Å². The summed E-state index contributed by atoms with van der Waals surface area (Å²) in [5.74, 6) is -0.294. The van der Waals surface area contributed by atoms with Crippen LogP contribution in [-0.4, -0.2) is 35.5 Å². The third-order valence-corrected chi connectivity index (χ3v) is 6.12. The fraction of sp³-hybridized carbons (Fsp3) is 0.533. The molecule has 21 heavy (non-hydrogen) atoms. The Morgan fingerprint density at radius 2 is 1.90 bits per heavy atom. The smallest absolute Gasteiger partial charge is 0.274 e. The number of benzene rings is 1. The Morgan fingerprint density at radius 3 is 2.57 bits per heavy atom. The molecule has 0 aliphatic carbocycles. The number of hydrogen-bond donors (Lipinski definition) is 0. The molecule has 2 heterocycles. The first-order valence-electron chi connectivity index (χ1n) is 7.16. The molecule has 0 bridgehead atoms. The van der Waals surface area contributed by atoms with E-state index >= 15 is 0 Å². The topological polar surface area (TPSA) is 57.7 Å². The van der Waals surface area contributed by atoms with Gasteiger partial charge in [0.05, 0.1) is 6.54 Å². The number of amides is 1. The van der Waals surface area contributed by atoms with Crippen molar-refractivity contribution in [2.24, 2.45) is 5.41 Å². The van der Waals surface area contributed by atoms with Crippen LogP contribution in [0.4, 0.5) is 0 Å². The lowest BCUT2D eigenvalue weighted by Crippen LogP contribution is -2.54. The van der Waals surface area contributed by atoms with E-state index in [0.29, 0.717) is 6.54 Å². The molecule has 0 saturated carbocycles. The Kier molecular flexibility index (Phi) is 3.33. The Bertz CT molecular complexity index is 655. The van der Waals surface area contributed by atoms with Crippen LogP contribution in [0.3, 0.4) is 0 Å². The van der Waals surface area contributed by atoms with Gasteiger partial charge in [-0.1, -0.05) is 44.2 Å². The zero-order chi connectivity index (χ0) is 15.3. The summed E-state index contributed by atoms with van der Waals surface area (Å²) in [6, 6.07) is 9.06. The van der Waals surface area contributed by atoms with Crippen LogP contribution in [0.5, 0.6) is 0 Å². The van der Waals surface area contributed by atoms with E-state index in [1.807, 2.05) is 44.2 Å². The molecule has 6 heteroatoms. The molecule has 0 N–H and O–H groups in total. The first kappa shape index (κ1) is 14.5. The second-order valence-corrected chi connectivity index (χ2v) is 8.47. The predicted molar refractivity (Wildman–Crippen MR) is 79.4 cm³/mol. The average Bonchev–Trinajstić information content (AvgIpc) is 2.72. The highest BCUT2D eigenvalue weighted by molar-refractivity contribution is 7.87. The van der Waals surface area contributed by atoms with Crippen LogP contribution >= 0.6 is 0 Å². The summed E-state index contributed by atoms with van der Waals surface area (Å²) in [6.45, 7) is 4.70. The minimum Gasteiger partial charge on any atom is -0.274 e. The molecule has 0 spiro atoms. The first-order valence-corrected chi connectivity index (χ1v) is 8.56. The summed E-state index contributed by atoms with van der Waals surface area (Å²) in [6.07, 6.45) is 1.03. The van der Waals surface area contributed by atoms with Crippen molar-refractivity contribution in [3.8, 4) is 0 Å². The highest BCUT2D eigenvalue weighted by Crippen LogP contribution is 2.40. The molecular formula is C15H20N2O3S. The van der Waals surface area contributed by atoms with Crippen LogP contribution < -0.4 is 0 Å². The largest absolute Gasteiger partial charge is 0.306 e. The van der Waals surface area contributed by atoms with Crippen molar-refractivity contribution in [1.82, 2.24) is 8.61 Å². The second-order valence-electron chi connectivity index (χ2n) is 6.67. The molecule has 2 aliphatic rings. The molecule has 1 aromatic carbocycles. The van der Waals surface area contributed by atoms with Crippen molar-refractivity contribution in [2.45, 2.75) is 39.3 Å². The summed E-state index contributed by atoms with van der Waals surface area (Å²) in [5, 5.41) is 0. The zero-order valence-electron chi connectivity index (χ0n) is 12.3. The number of hydrogen-bond acceptors (Lipinski definition) is 3. The molecule has 1 unspecified atom stereocenters. The van der Waals surface area contributed by atoms with Crippen LogP contribution in [0, 0.1) is 5.41 Å². The third kappa shape index (κ3) is 2.58. The van der Waals surface area contributed by atoms with Crippen LogP contribution in [0.15, 0.2) is 30.3 Å². The fourth-order valence-corrected chi connectivity index (χ4v) is 5.21. The van der Waals surface area contributed by atoms with Gasteiger partial charge in [-0.2, -0.15) is 12.7 Å². The number of carbonyl (C=O) groups is 1. The molecule has 5 nitrogen and oxygen atoms in total. The molecule has 0 radical (unpaired) electrons. The van der Waals surface area contributed by atoms with E-state index in [1.165, 1.54) is 4.31 Å². The number of rotatable bonds is 2. The van der Waals surface area contributed by atoms with Gasteiger partial charge >= 0.3 is 10.2 Å². The van der Waals surface area contributed by atoms with Gasteiger partial charge in [0.15, 0.2) is 0 Å². The monoisotopic (exact) mass is 308 g/mol. The highest BCUT2D eigenvalue weighted by atomic mass is 32.2. The van der Waals surface area contributed by atoms with Gasteiger partial charge in [-0.25, -0.2) is 4.31 Å². The van der Waals surface area contributed by atoms with Crippen molar-refractivity contribution in [1.29, 1.82) is 0 Å². The Hall–Kier alpha value is -1.40. The molecular weight excluding hydrogens is 288 g/mol. The van der Waals surface area contributed by atoms with E-state index in [-0.39, 0.29) is 30.3 Å². The molecule has 2 aliphatic heterocycles. The van der Waals surface area contributed by atoms with Crippen LogP contribution in [0.25, 0.3) is 0 Å². The maximum Gasteiger partial charge on any atom is 0.306 e. The predicted octanol–water partition coefficient (Wildman–Crippen LogP) is 1.76. The van der Waals surface area contributed by atoms with Gasteiger partial charge in [0.25, 0.3) is 0 Å². The minimum atomic E-state index is -3.70. The lowest BCUT2D eigenvalue weighted by atomic mass is 9.90. The number of fused-ring (bicyclic) bond motifs is 1. The fourth-order valence-electron chi connectivity index (χ4n) is 3.28. The van der Waals surface area contributed by atoms with E-state index in [0.717, 1.165) is 16.3 Å². The quantitative estimate of drug-likeness (QED) is 0.836. The van der Waals surface area contributed by atoms with Gasteiger partial charge in [-0.15, -0.1) is 0 Å². The zero-order valence-corrected chi connectivity index (χ0v) is 13.1. The van der Waals surface area contributed by atoms with E-state index in [2.05, 4.69) is 0 Å². The molecule has 114 valence electrons. The van der Waals surface area contributed by atoms with Gasteiger partial charge in [0.1, 0.15) is 0 Å². The number of nitrogens with zero attached hydrogens (tertiary/aromatic N) is 2. The summed E-state index contributed by atoms with van der Waals surface area (Å²) in [7, 11) is -3.70. The van der Waals surface area contributed by atoms with Crippen LogP contribution in [-0.2, 0) is 21.5 Å². The molecule has 1 atom stereocenters. The minimum absolute atomic E-state index is 0.0687. The van der Waals surface area contributed by atoms with E-state index in [9.17, 15) is 13.2 Å². The molecule has 2 saturated heterocycles. The molecule has 2 fully saturated rings. The van der Waals surface area contributed by atoms with Crippen molar-refractivity contribution < 1.29 is 13.2 Å². The Morgan fingerprint density at radius 1 is 1.24 bits per heavy atom. The van der Waals surface area contributed by atoms with Crippen LogP contribution in [0.2, 0.25) is 0 Å². The van der Waals surface area contributed by atoms with Crippen molar-refractivity contribution >= 4 is 16.1 Å². The van der Waals surface area contributed by atoms with E-state index < -0.39 is 10.2 Å². The van der Waals surface area contributed by atoms with Crippen molar-refractivity contribution in [3.63, 3.8) is 0 Å². The Labute approximate surface area is 125 Å². The summed E-state index contributed by atoms with van der Waals surface area (Å²) in [4.78, 5) is 12.3. The van der Waals surface area contributed by atoms with Crippen molar-refractivity contribution in [3.05, 3.63) is 35.9 Å². The lowest BCUT2D eigenvalue weighted by Gasteiger charge is -2.36. The SMILES string of the molecule is CC1(C)CC2CC(=O)N(Cc3ccccc3)S(=O)(=O)N2C1. The second kappa shape index (κ2) is 4.81. The lowest BCUT2D eigenvalue weighted by molar-refractivity contribution is -0.129. The highest BCUT2D eigenvalue weighted by Gasteiger charge is 2.51. The van der Waals surface area contributed by atoms with Crippen molar-refractivity contribution in [2.75, 3.05) is 6.54 Å². The van der Waals surface area contributed by atoms with Gasteiger partial charge < -0.3 is 0 Å². The maximum absolute atomic E-state index is 12.7. The third-order valence-electron chi connectivity index (χ3n) is 4.21. The summed E-state index contributed by atoms with van der Waals surface area (Å²) in [5.41, 5.74) is 0.757. The molecule has 1 amide bonds. The average molecular weight is 308 g/mol. The maximum atomic E-state index is 12.7. The standard InChI is InChI=1S/C15H20N2O3S/c1-15(2)9-13-8-14(18)16(21(19,20)17(13)11-15)10-12-6-4-3-5-7-12/h3-7,13H,8-11H2,1-2H3.